The molecule has 1 saturated heterocycles. The molecule has 2 N–H and O–H groups in total. The van der Waals surface area contributed by atoms with Gasteiger partial charge in [0, 0.05) is 19.0 Å². The standard InChI is InChI=1S/C15H28N2O/c1-2-12(11-16)10-15(18)17-9-5-8-14(17)13-6-3-4-7-13/h12-14H,2-11,16H2,1H3. The summed E-state index contributed by atoms with van der Waals surface area (Å²) in [6.45, 7) is 3.76. The molecule has 3 heteroatoms. The van der Waals surface area contributed by atoms with E-state index >= 15 is 0 Å². The molecule has 2 rings (SSSR count). The number of nitrogens with two attached hydrogens (primary N) is 1. The maximum absolute atomic E-state index is 12.4. The van der Waals surface area contributed by atoms with Crippen molar-refractivity contribution < 1.29 is 4.79 Å². The molecule has 0 aromatic rings. The van der Waals surface area contributed by atoms with Crippen molar-refractivity contribution >= 4 is 5.91 Å². The summed E-state index contributed by atoms with van der Waals surface area (Å²) >= 11 is 0. The Bertz CT molecular complexity index is 270. The van der Waals surface area contributed by atoms with Crippen molar-refractivity contribution in [3.05, 3.63) is 0 Å². The first-order valence-corrected chi connectivity index (χ1v) is 7.75. The predicted octanol–water partition coefficient (Wildman–Crippen LogP) is 2.54. The van der Waals surface area contributed by atoms with Gasteiger partial charge in [0.25, 0.3) is 0 Å². The molecule has 1 heterocycles. The van der Waals surface area contributed by atoms with Crippen molar-refractivity contribution in [2.24, 2.45) is 17.6 Å². The second-order valence-electron chi connectivity index (χ2n) is 6.06. The molecule has 0 radical (unpaired) electrons. The van der Waals surface area contributed by atoms with E-state index in [1.807, 2.05) is 0 Å². The second kappa shape index (κ2) is 6.55. The van der Waals surface area contributed by atoms with Crippen molar-refractivity contribution in [3.63, 3.8) is 0 Å². The summed E-state index contributed by atoms with van der Waals surface area (Å²) in [6, 6.07) is 0.551. The summed E-state index contributed by atoms with van der Waals surface area (Å²) in [6.07, 6.45) is 9.51. The molecule has 2 unspecified atom stereocenters. The molecular formula is C15H28N2O. The zero-order valence-electron chi connectivity index (χ0n) is 11.7. The molecule has 1 saturated carbocycles. The molecule has 2 aliphatic rings. The summed E-state index contributed by atoms with van der Waals surface area (Å²) in [7, 11) is 0. The average Bonchev–Trinajstić information content (AvgIpc) is 3.04. The Morgan fingerprint density at radius 2 is 2.00 bits per heavy atom. The summed E-state index contributed by atoms with van der Waals surface area (Å²) in [4.78, 5) is 14.6. The van der Waals surface area contributed by atoms with Crippen molar-refractivity contribution in [2.75, 3.05) is 13.1 Å². The third kappa shape index (κ3) is 3.05. The van der Waals surface area contributed by atoms with Crippen LogP contribution in [0.4, 0.5) is 0 Å². The van der Waals surface area contributed by atoms with E-state index in [-0.39, 0.29) is 0 Å². The molecule has 104 valence electrons. The molecule has 0 aromatic heterocycles. The normalized spacial score (nSPS) is 26.8. The number of rotatable bonds is 5. The maximum atomic E-state index is 12.4. The minimum Gasteiger partial charge on any atom is -0.339 e. The van der Waals surface area contributed by atoms with Crippen LogP contribution in [-0.4, -0.2) is 29.9 Å². The second-order valence-corrected chi connectivity index (χ2v) is 6.06. The van der Waals surface area contributed by atoms with E-state index in [0.717, 1.165) is 18.9 Å². The average molecular weight is 252 g/mol. The molecule has 1 aliphatic heterocycles. The molecule has 18 heavy (non-hydrogen) atoms. The van der Waals surface area contributed by atoms with Crippen molar-refractivity contribution in [1.29, 1.82) is 0 Å². The van der Waals surface area contributed by atoms with Crippen LogP contribution in [0.2, 0.25) is 0 Å². The van der Waals surface area contributed by atoms with Gasteiger partial charge in [0.2, 0.25) is 5.91 Å². The molecule has 2 fully saturated rings. The van der Waals surface area contributed by atoms with E-state index in [2.05, 4.69) is 11.8 Å². The van der Waals surface area contributed by atoms with E-state index in [4.69, 9.17) is 5.73 Å². The molecule has 3 nitrogen and oxygen atoms in total. The summed E-state index contributed by atoms with van der Waals surface area (Å²) < 4.78 is 0. The Morgan fingerprint density at radius 1 is 1.28 bits per heavy atom. The number of amides is 1. The van der Waals surface area contributed by atoms with Crippen LogP contribution in [0, 0.1) is 11.8 Å². The zero-order chi connectivity index (χ0) is 13.0. The molecule has 0 bridgehead atoms. The Kier molecular flexibility index (Phi) is 5.04. The molecule has 0 spiro atoms. The van der Waals surface area contributed by atoms with Crippen LogP contribution in [0.25, 0.3) is 0 Å². The van der Waals surface area contributed by atoms with E-state index < -0.39 is 0 Å². The fraction of sp³-hybridized carbons (Fsp3) is 0.933. The van der Waals surface area contributed by atoms with Crippen LogP contribution >= 0.6 is 0 Å². The first kappa shape index (κ1) is 13.9. The number of hydrogen-bond acceptors (Lipinski definition) is 2. The summed E-state index contributed by atoms with van der Waals surface area (Å²) in [5.41, 5.74) is 5.72. The minimum absolute atomic E-state index is 0.363. The highest BCUT2D eigenvalue weighted by Gasteiger charge is 2.35. The number of nitrogens with zero attached hydrogens (tertiary/aromatic N) is 1. The number of carbonyl (C=O) groups is 1. The van der Waals surface area contributed by atoms with Gasteiger partial charge >= 0.3 is 0 Å². The Balaban J connectivity index is 1.91. The number of hydrogen-bond donors (Lipinski definition) is 1. The van der Waals surface area contributed by atoms with Crippen molar-refractivity contribution in [2.45, 2.75) is 64.3 Å². The van der Waals surface area contributed by atoms with E-state index in [1.165, 1.54) is 38.5 Å². The SMILES string of the molecule is CCC(CN)CC(=O)N1CCCC1C1CCCC1. The Morgan fingerprint density at radius 3 is 2.61 bits per heavy atom. The van der Waals surface area contributed by atoms with E-state index in [9.17, 15) is 4.79 Å². The van der Waals surface area contributed by atoms with Gasteiger partial charge in [0.1, 0.15) is 0 Å². The molecular weight excluding hydrogens is 224 g/mol. The lowest BCUT2D eigenvalue weighted by Crippen LogP contribution is -2.40. The lowest BCUT2D eigenvalue weighted by Gasteiger charge is -2.30. The van der Waals surface area contributed by atoms with Gasteiger partial charge < -0.3 is 10.6 Å². The lowest BCUT2D eigenvalue weighted by atomic mass is 9.95. The third-order valence-corrected chi connectivity index (χ3v) is 4.94. The smallest absolute Gasteiger partial charge is 0.223 e. The first-order chi connectivity index (χ1) is 8.76. The van der Waals surface area contributed by atoms with Crippen LogP contribution in [0.1, 0.15) is 58.3 Å². The molecule has 1 amide bonds. The first-order valence-electron chi connectivity index (χ1n) is 7.75. The highest BCUT2D eigenvalue weighted by atomic mass is 16.2. The topological polar surface area (TPSA) is 46.3 Å². The van der Waals surface area contributed by atoms with Crippen LogP contribution in [0.5, 0.6) is 0 Å². The minimum atomic E-state index is 0.363. The molecule has 1 aliphatic carbocycles. The zero-order valence-corrected chi connectivity index (χ0v) is 11.7. The van der Waals surface area contributed by atoms with Gasteiger partial charge in [-0.25, -0.2) is 0 Å². The highest BCUT2D eigenvalue weighted by molar-refractivity contribution is 5.77. The van der Waals surface area contributed by atoms with Gasteiger partial charge in [-0.2, -0.15) is 0 Å². The van der Waals surface area contributed by atoms with Gasteiger partial charge in [-0.15, -0.1) is 0 Å². The van der Waals surface area contributed by atoms with Gasteiger partial charge in [-0.3, -0.25) is 4.79 Å². The van der Waals surface area contributed by atoms with Gasteiger partial charge in [0.15, 0.2) is 0 Å². The summed E-state index contributed by atoms with van der Waals surface area (Å²) in [5.74, 6) is 1.53. The monoisotopic (exact) mass is 252 g/mol. The highest BCUT2D eigenvalue weighted by Crippen LogP contribution is 2.35. The lowest BCUT2D eigenvalue weighted by molar-refractivity contribution is -0.133. The maximum Gasteiger partial charge on any atom is 0.223 e. The Labute approximate surface area is 111 Å². The number of carbonyl (C=O) groups excluding carboxylic acids is 1. The molecule has 0 aromatic carbocycles. The Hall–Kier alpha value is -0.570. The van der Waals surface area contributed by atoms with E-state index in [0.29, 0.717) is 30.8 Å². The quantitative estimate of drug-likeness (QED) is 0.817. The predicted molar refractivity (Wildman–Crippen MR) is 74.1 cm³/mol. The molecule has 2 atom stereocenters. The van der Waals surface area contributed by atoms with Crippen LogP contribution in [-0.2, 0) is 4.79 Å². The third-order valence-electron chi connectivity index (χ3n) is 4.94. The van der Waals surface area contributed by atoms with Gasteiger partial charge in [-0.05, 0) is 44.1 Å². The van der Waals surface area contributed by atoms with Crippen LogP contribution in [0.3, 0.4) is 0 Å². The van der Waals surface area contributed by atoms with Crippen molar-refractivity contribution in [3.8, 4) is 0 Å². The van der Waals surface area contributed by atoms with Crippen molar-refractivity contribution in [1.82, 2.24) is 4.90 Å². The van der Waals surface area contributed by atoms with Crippen LogP contribution in [0.15, 0.2) is 0 Å². The van der Waals surface area contributed by atoms with E-state index in [1.54, 1.807) is 0 Å². The summed E-state index contributed by atoms with van der Waals surface area (Å²) in [5, 5.41) is 0. The fourth-order valence-electron chi connectivity index (χ4n) is 3.69. The number of likely N-dealkylation sites (tertiary alicyclic amines) is 1. The van der Waals surface area contributed by atoms with Gasteiger partial charge in [-0.1, -0.05) is 26.2 Å². The van der Waals surface area contributed by atoms with Gasteiger partial charge in [0.05, 0.1) is 0 Å². The largest absolute Gasteiger partial charge is 0.339 e. The van der Waals surface area contributed by atoms with Crippen LogP contribution < -0.4 is 5.73 Å². The fourth-order valence-corrected chi connectivity index (χ4v) is 3.69.